The quantitative estimate of drug-likeness (QED) is 0.726. The summed E-state index contributed by atoms with van der Waals surface area (Å²) in [6, 6.07) is 4.50. The number of hydrogen-bond donors (Lipinski definition) is 0. The van der Waals surface area contributed by atoms with Crippen LogP contribution in [-0.4, -0.2) is 36.7 Å². The van der Waals surface area contributed by atoms with E-state index in [1.807, 2.05) is 4.90 Å². The molecule has 0 N–H and O–H groups in total. The van der Waals surface area contributed by atoms with Crippen molar-refractivity contribution in [2.24, 2.45) is 0 Å². The van der Waals surface area contributed by atoms with Crippen molar-refractivity contribution < 1.29 is 17.9 Å². The van der Waals surface area contributed by atoms with Gasteiger partial charge in [0.2, 0.25) is 0 Å². The maximum Gasteiger partial charge on any atom is 0.302 e. The minimum absolute atomic E-state index is 0.169. The molecule has 0 aromatic heterocycles. The zero-order valence-corrected chi connectivity index (χ0v) is 12.9. The summed E-state index contributed by atoms with van der Waals surface area (Å²) in [6.45, 7) is 1.14. The molecule has 2 nitrogen and oxygen atoms in total. The molecule has 0 spiro atoms. The van der Waals surface area contributed by atoms with E-state index in [2.05, 4.69) is 0 Å². The molecule has 1 atom stereocenters. The second kappa shape index (κ2) is 5.46. The van der Waals surface area contributed by atoms with Gasteiger partial charge in [0, 0.05) is 22.7 Å². The fourth-order valence-corrected chi connectivity index (χ4v) is 3.09. The van der Waals surface area contributed by atoms with Gasteiger partial charge in [-0.15, -0.1) is 0 Å². The van der Waals surface area contributed by atoms with Crippen molar-refractivity contribution in [2.45, 2.75) is 30.9 Å². The van der Waals surface area contributed by atoms with Gasteiger partial charge in [-0.3, -0.25) is 4.90 Å². The summed E-state index contributed by atoms with van der Waals surface area (Å²) in [5.74, 6) is -4.15. The average molecular weight is 397 g/mol. The van der Waals surface area contributed by atoms with Gasteiger partial charge in [0.05, 0.1) is 12.2 Å². The van der Waals surface area contributed by atoms with E-state index >= 15 is 0 Å². The number of alkyl halides is 2. The molecule has 0 amide bonds. The van der Waals surface area contributed by atoms with Crippen molar-refractivity contribution in [3.8, 4) is 0 Å². The molecule has 1 heterocycles. The van der Waals surface area contributed by atoms with E-state index < -0.39 is 23.4 Å². The summed E-state index contributed by atoms with van der Waals surface area (Å²) >= 11 is 1.73. The molecule has 1 aliphatic carbocycles. The standard InChI is InChI=1S/C14H15F3INO/c15-13-10(2-1-3-11(13)18)14(16,17)12-8-19(6-7-20-12)9-4-5-9/h1-3,9,12H,4-8H2. The van der Waals surface area contributed by atoms with Gasteiger partial charge >= 0.3 is 5.92 Å². The molecule has 110 valence electrons. The molecule has 1 saturated carbocycles. The normalized spacial score (nSPS) is 24.9. The highest BCUT2D eigenvalue weighted by Crippen LogP contribution is 2.39. The summed E-state index contributed by atoms with van der Waals surface area (Å²) in [5, 5.41) is 0. The maximum absolute atomic E-state index is 14.5. The van der Waals surface area contributed by atoms with Crippen LogP contribution in [0.1, 0.15) is 18.4 Å². The molecule has 1 saturated heterocycles. The summed E-state index contributed by atoms with van der Waals surface area (Å²) in [5.41, 5.74) is -0.563. The number of morpholine rings is 1. The third-order valence-electron chi connectivity index (χ3n) is 3.88. The van der Waals surface area contributed by atoms with E-state index in [0.29, 0.717) is 12.6 Å². The van der Waals surface area contributed by atoms with Crippen molar-refractivity contribution in [3.05, 3.63) is 33.1 Å². The molecular formula is C14H15F3INO. The second-order valence-corrected chi connectivity index (χ2v) is 6.47. The third kappa shape index (κ3) is 2.69. The van der Waals surface area contributed by atoms with Crippen molar-refractivity contribution in [1.82, 2.24) is 4.90 Å². The van der Waals surface area contributed by atoms with Crippen molar-refractivity contribution in [3.63, 3.8) is 0 Å². The Morgan fingerprint density at radius 3 is 2.75 bits per heavy atom. The molecule has 1 unspecified atom stereocenters. The van der Waals surface area contributed by atoms with Crippen molar-refractivity contribution in [1.29, 1.82) is 0 Å². The van der Waals surface area contributed by atoms with Crippen molar-refractivity contribution in [2.75, 3.05) is 19.7 Å². The molecule has 2 fully saturated rings. The predicted molar refractivity (Wildman–Crippen MR) is 77.3 cm³/mol. The Bertz CT molecular complexity index is 507. The summed E-state index contributed by atoms with van der Waals surface area (Å²) in [4.78, 5) is 2.04. The lowest BCUT2D eigenvalue weighted by molar-refractivity contribution is -0.174. The predicted octanol–water partition coefficient (Wildman–Crippen LogP) is 3.39. The fourth-order valence-electron chi connectivity index (χ4n) is 2.59. The second-order valence-electron chi connectivity index (χ2n) is 5.31. The van der Waals surface area contributed by atoms with Crippen LogP contribution in [0.5, 0.6) is 0 Å². The molecule has 6 heteroatoms. The summed E-state index contributed by atoms with van der Waals surface area (Å²) in [6.07, 6.45) is 0.857. The smallest absolute Gasteiger partial charge is 0.302 e. The fraction of sp³-hybridized carbons (Fsp3) is 0.571. The SMILES string of the molecule is Fc1c(I)cccc1C(F)(F)C1CN(C2CC2)CCO1. The molecule has 1 aliphatic heterocycles. The Hall–Kier alpha value is -0.340. The minimum atomic E-state index is -3.31. The Kier molecular flexibility index (Phi) is 3.98. The highest BCUT2D eigenvalue weighted by molar-refractivity contribution is 14.1. The zero-order valence-electron chi connectivity index (χ0n) is 10.8. The van der Waals surface area contributed by atoms with Gasteiger partial charge in [0.15, 0.2) is 0 Å². The highest BCUT2D eigenvalue weighted by Gasteiger charge is 2.48. The number of nitrogens with zero attached hydrogens (tertiary/aromatic N) is 1. The lowest BCUT2D eigenvalue weighted by atomic mass is 10.0. The molecule has 1 aromatic rings. The van der Waals surface area contributed by atoms with Crippen LogP contribution < -0.4 is 0 Å². The molecule has 1 aromatic carbocycles. The lowest BCUT2D eigenvalue weighted by Gasteiger charge is -2.37. The van der Waals surface area contributed by atoms with Crippen LogP contribution in [0.2, 0.25) is 0 Å². The van der Waals surface area contributed by atoms with Gasteiger partial charge in [-0.1, -0.05) is 6.07 Å². The molecule has 2 aliphatic rings. The topological polar surface area (TPSA) is 12.5 Å². The van der Waals surface area contributed by atoms with E-state index in [1.54, 1.807) is 22.6 Å². The van der Waals surface area contributed by atoms with Crippen LogP contribution >= 0.6 is 22.6 Å². The van der Waals surface area contributed by atoms with Gasteiger partial charge < -0.3 is 4.74 Å². The number of hydrogen-bond acceptors (Lipinski definition) is 2. The third-order valence-corrected chi connectivity index (χ3v) is 4.71. The highest BCUT2D eigenvalue weighted by atomic mass is 127. The first-order chi connectivity index (χ1) is 9.50. The minimum Gasteiger partial charge on any atom is -0.369 e. The van der Waals surface area contributed by atoms with E-state index in [-0.39, 0.29) is 16.7 Å². The molecule has 0 radical (unpaired) electrons. The largest absolute Gasteiger partial charge is 0.369 e. The van der Waals surface area contributed by atoms with Gasteiger partial charge in [-0.05, 0) is 47.6 Å². The number of rotatable bonds is 3. The van der Waals surface area contributed by atoms with E-state index in [9.17, 15) is 13.2 Å². The Morgan fingerprint density at radius 2 is 2.05 bits per heavy atom. The van der Waals surface area contributed by atoms with Crippen LogP contribution in [0.25, 0.3) is 0 Å². The van der Waals surface area contributed by atoms with Gasteiger partial charge in [0.1, 0.15) is 11.9 Å². The first-order valence-electron chi connectivity index (χ1n) is 6.68. The molecule has 20 heavy (non-hydrogen) atoms. The number of ether oxygens (including phenoxy) is 1. The van der Waals surface area contributed by atoms with E-state index in [0.717, 1.165) is 18.9 Å². The van der Waals surface area contributed by atoms with Gasteiger partial charge in [-0.2, -0.15) is 8.78 Å². The zero-order chi connectivity index (χ0) is 14.3. The Balaban J connectivity index is 1.84. The Labute approximate surface area is 129 Å². The first kappa shape index (κ1) is 14.6. The number of halogens is 4. The lowest BCUT2D eigenvalue weighted by Crippen LogP contribution is -2.50. The van der Waals surface area contributed by atoms with Crippen LogP contribution in [0.4, 0.5) is 13.2 Å². The van der Waals surface area contributed by atoms with Gasteiger partial charge in [-0.25, -0.2) is 4.39 Å². The van der Waals surface area contributed by atoms with Crippen molar-refractivity contribution >= 4 is 22.6 Å². The van der Waals surface area contributed by atoms with Crippen LogP contribution in [0.3, 0.4) is 0 Å². The molecular weight excluding hydrogens is 382 g/mol. The molecule has 0 bridgehead atoms. The van der Waals surface area contributed by atoms with Crippen LogP contribution in [-0.2, 0) is 10.7 Å². The first-order valence-corrected chi connectivity index (χ1v) is 7.76. The number of benzene rings is 1. The summed E-state index contributed by atoms with van der Waals surface area (Å²) < 4.78 is 48.5. The van der Waals surface area contributed by atoms with E-state index in [4.69, 9.17) is 4.74 Å². The van der Waals surface area contributed by atoms with Crippen LogP contribution in [0, 0.1) is 9.39 Å². The summed E-state index contributed by atoms with van der Waals surface area (Å²) in [7, 11) is 0. The monoisotopic (exact) mass is 397 g/mol. The van der Waals surface area contributed by atoms with Gasteiger partial charge in [0.25, 0.3) is 0 Å². The van der Waals surface area contributed by atoms with E-state index in [1.165, 1.54) is 12.1 Å². The molecule has 3 rings (SSSR count). The maximum atomic E-state index is 14.5. The van der Waals surface area contributed by atoms with Crippen LogP contribution in [0.15, 0.2) is 18.2 Å². The Morgan fingerprint density at radius 1 is 1.30 bits per heavy atom. The average Bonchev–Trinajstić information content (AvgIpc) is 3.26.